The standard InChI is InChI=1S/8K.6Nb.19O/q8*+1;6*+5;19*-2. The van der Waals surface area contributed by atoms with Crippen LogP contribution >= 0.6 is 0 Å². The molecule has 0 fully saturated rings. The molecule has 0 unspecified atom stereocenters. The zero-order valence-electron chi connectivity index (χ0n) is 18.4. The Kier molecular flexibility index (Phi) is 5050. The summed E-state index contributed by atoms with van der Waals surface area (Å²) in [6, 6.07) is 0. The van der Waals surface area contributed by atoms with E-state index >= 15 is 0 Å². The van der Waals surface area contributed by atoms with Crippen LogP contribution in [0.3, 0.4) is 0 Å². The van der Waals surface area contributed by atoms with Gasteiger partial charge in [-0.05, 0) is 0 Å². The zero-order valence-corrected chi connectivity index (χ0v) is 56.6. The minimum Gasteiger partial charge on any atom is -2.00 e. The second-order valence-electron chi connectivity index (χ2n) is 0. The van der Waals surface area contributed by atoms with Gasteiger partial charge in [-0.3, -0.25) is 0 Å². The molecule has 0 radical (unpaired) electrons. The molecule has 0 amide bonds. The van der Waals surface area contributed by atoms with E-state index in [0.29, 0.717) is 0 Å². The summed E-state index contributed by atoms with van der Waals surface area (Å²) in [6.45, 7) is 0. The van der Waals surface area contributed by atoms with E-state index in [-0.39, 0.29) is 649 Å². The molecule has 0 atom stereocenters. The molecule has 0 saturated heterocycles. The Labute approximate surface area is 627 Å². The van der Waals surface area contributed by atoms with E-state index in [1.54, 1.807) is 0 Å². The van der Waals surface area contributed by atoms with Crippen molar-refractivity contribution in [2.24, 2.45) is 0 Å². The van der Waals surface area contributed by atoms with Crippen molar-refractivity contribution in [3.63, 3.8) is 0 Å². The second kappa shape index (κ2) is 396. The minimum atomic E-state index is 0. The van der Waals surface area contributed by atoms with Crippen LogP contribution in [0.2, 0.25) is 0 Å². The van der Waals surface area contributed by atoms with E-state index in [2.05, 4.69) is 0 Å². The van der Waals surface area contributed by atoms with Gasteiger partial charge in [0.15, 0.2) is 0 Å². The van der Waals surface area contributed by atoms with Gasteiger partial charge in [-0.25, -0.2) is 0 Å². The molecule has 0 aromatic heterocycles. The maximum atomic E-state index is 0. The first-order valence-corrected chi connectivity index (χ1v) is 0. The average Bonchev–Trinajstić information content (AvgIpc) is 0. The fourth-order valence-corrected chi connectivity index (χ4v) is 0. The van der Waals surface area contributed by atoms with Crippen LogP contribution in [0.15, 0.2) is 0 Å². The molecule has 0 aliphatic heterocycles. The van der Waals surface area contributed by atoms with Gasteiger partial charge >= 0.3 is 545 Å². The Balaban J connectivity index is 0. The van der Waals surface area contributed by atoms with E-state index < -0.39 is 0 Å². The summed E-state index contributed by atoms with van der Waals surface area (Å²) >= 11 is 0. The number of hydrogen-bond acceptors (Lipinski definition) is 0. The second-order valence-corrected chi connectivity index (χ2v) is 0. The van der Waals surface area contributed by atoms with Crippen LogP contribution < -0.4 is 411 Å². The number of hydrogen-bond donors (Lipinski definition) is 0. The minimum absolute atomic E-state index is 0. The third-order valence-corrected chi connectivity index (χ3v) is 0. The number of rotatable bonds is 0. The maximum Gasteiger partial charge on any atom is 5.00 e. The Hall–Kier alpha value is 16.8. The Bertz CT molecular complexity index is 46.2. The summed E-state index contributed by atoms with van der Waals surface area (Å²) in [5.74, 6) is 0. The van der Waals surface area contributed by atoms with Gasteiger partial charge in [-0.1, -0.05) is 0 Å². The molecular formula is K8Nb6O19. The van der Waals surface area contributed by atoms with Crippen LogP contribution in [0.25, 0.3) is 0 Å². The normalized spacial score (nSPS) is 0. The first kappa shape index (κ1) is 421. The average molecular weight is 1170 g/mol. The van der Waals surface area contributed by atoms with Gasteiger partial charge in [0.05, 0.1) is 0 Å². The molecule has 0 bridgehead atoms. The third kappa shape index (κ3) is 379. The molecule has 0 N–H and O–H groups in total. The van der Waals surface area contributed by atoms with Crippen LogP contribution in [0, 0.1) is 0 Å². The van der Waals surface area contributed by atoms with Crippen molar-refractivity contribution < 1.29 is 649 Å². The molecule has 0 rings (SSSR count). The quantitative estimate of drug-likeness (QED) is 0.204. The SMILES string of the molecule is [K+].[K+].[K+].[K+].[K+].[K+].[K+].[K+].[Nb+5].[Nb+5].[Nb+5].[Nb+5].[Nb+5].[Nb+5].[O-2].[O-2].[O-2].[O-2].[O-2].[O-2].[O-2].[O-2].[O-2].[O-2].[O-2].[O-2].[O-2].[O-2].[O-2].[O-2].[O-2].[O-2].[O-2]. The van der Waals surface area contributed by atoms with Gasteiger partial charge in [-0.15, -0.1) is 0 Å². The monoisotopic (exact) mass is 1170 g/mol. The molecule has 152 valence electrons. The predicted molar refractivity (Wildman–Crippen MR) is 13.0 cm³/mol. The predicted octanol–water partition coefficient (Wildman–Crippen LogP) is -26.2. The van der Waals surface area contributed by atoms with Crippen molar-refractivity contribution >= 4 is 0 Å². The fourth-order valence-electron chi connectivity index (χ4n) is 0. The zero-order chi connectivity index (χ0) is 0. The molecule has 19 nitrogen and oxygen atoms in total. The smallest absolute Gasteiger partial charge is 2.00 e. The Morgan fingerprint density at radius 2 is 0.0909 bits per heavy atom. The van der Waals surface area contributed by atoms with Gasteiger partial charge in [-0.2, -0.15) is 0 Å². The van der Waals surface area contributed by atoms with E-state index in [9.17, 15) is 0 Å². The third-order valence-electron chi connectivity index (χ3n) is 0. The molecule has 0 heterocycles. The Morgan fingerprint density at radius 3 is 0.0909 bits per heavy atom. The first-order chi connectivity index (χ1) is 0. The Morgan fingerprint density at radius 1 is 0.0909 bits per heavy atom. The summed E-state index contributed by atoms with van der Waals surface area (Å²) in [4.78, 5) is 0. The van der Waals surface area contributed by atoms with Gasteiger partial charge in [0.25, 0.3) is 0 Å². The molecule has 0 aliphatic rings. The largest absolute Gasteiger partial charge is 5.00 e. The molecule has 0 saturated carbocycles. The van der Waals surface area contributed by atoms with Crippen molar-refractivity contribution in [2.75, 3.05) is 0 Å². The summed E-state index contributed by atoms with van der Waals surface area (Å²) in [5.41, 5.74) is 0. The van der Waals surface area contributed by atoms with Gasteiger partial charge < -0.3 is 104 Å². The van der Waals surface area contributed by atoms with Crippen LogP contribution in [-0.2, 0) is 238 Å². The van der Waals surface area contributed by atoms with Crippen molar-refractivity contribution in [3.05, 3.63) is 0 Å². The summed E-state index contributed by atoms with van der Waals surface area (Å²) in [7, 11) is 0. The van der Waals surface area contributed by atoms with Crippen molar-refractivity contribution in [1.82, 2.24) is 0 Å². The van der Waals surface area contributed by atoms with Crippen molar-refractivity contribution in [2.45, 2.75) is 0 Å². The summed E-state index contributed by atoms with van der Waals surface area (Å²) in [6.07, 6.45) is 0. The van der Waals surface area contributed by atoms with Crippen molar-refractivity contribution in [1.29, 1.82) is 0 Å². The van der Waals surface area contributed by atoms with E-state index in [4.69, 9.17) is 0 Å². The van der Waals surface area contributed by atoms with Gasteiger partial charge in [0.2, 0.25) is 0 Å². The fraction of sp³-hybridized carbons (Fsp3) is 0. The van der Waals surface area contributed by atoms with Gasteiger partial charge in [0.1, 0.15) is 0 Å². The molecule has 0 aliphatic carbocycles. The summed E-state index contributed by atoms with van der Waals surface area (Å²) < 4.78 is 0. The molecule has 0 aromatic carbocycles. The molecular weight excluding hydrogens is 1170 g/mol. The van der Waals surface area contributed by atoms with Crippen LogP contribution in [0.5, 0.6) is 0 Å². The van der Waals surface area contributed by atoms with Crippen molar-refractivity contribution in [3.8, 4) is 0 Å². The molecule has 0 spiro atoms. The van der Waals surface area contributed by atoms with Gasteiger partial charge in [0, 0.05) is 0 Å². The van der Waals surface area contributed by atoms with E-state index in [1.165, 1.54) is 0 Å². The van der Waals surface area contributed by atoms with Crippen LogP contribution in [-0.4, -0.2) is 0 Å². The maximum absolute atomic E-state index is 0. The topological polar surface area (TPSA) is 542 Å². The molecule has 33 heavy (non-hydrogen) atoms. The molecule has 0 aromatic rings. The van der Waals surface area contributed by atoms with E-state index in [1.807, 2.05) is 0 Å². The van der Waals surface area contributed by atoms with E-state index in [0.717, 1.165) is 0 Å². The summed E-state index contributed by atoms with van der Waals surface area (Å²) in [5, 5.41) is 0. The van der Waals surface area contributed by atoms with Crippen LogP contribution in [0.1, 0.15) is 0 Å². The van der Waals surface area contributed by atoms with Crippen LogP contribution in [0.4, 0.5) is 0 Å². The molecule has 33 heteroatoms. The first-order valence-electron chi connectivity index (χ1n) is 0.